The van der Waals surface area contributed by atoms with Crippen LogP contribution in [0.25, 0.3) is 0 Å². The van der Waals surface area contributed by atoms with E-state index in [0.717, 1.165) is 22.6 Å². The predicted octanol–water partition coefficient (Wildman–Crippen LogP) is 2.22. The number of carbonyl (C=O) groups excluding carboxylic acids is 1. The van der Waals surface area contributed by atoms with Crippen LogP contribution in [0.5, 0.6) is 0 Å². The first-order chi connectivity index (χ1) is 8.06. The first-order valence-electron chi connectivity index (χ1n) is 5.57. The van der Waals surface area contributed by atoms with Crippen molar-refractivity contribution in [2.75, 3.05) is 13.7 Å². The highest BCUT2D eigenvalue weighted by Gasteiger charge is 2.30. The molecule has 0 atom stereocenters. The largest absolute Gasteiger partial charge is 0.465 e. The van der Waals surface area contributed by atoms with E-state index < -0.39 is 5.97 Å². The van der Waals surface area contributed by atoms with Crippen LogP contribution in [-0.4, -0.2) is 24.7 Å². The highest BCUT2D eigenvalue weighted by Crippen LogP contribution is 2.38. The summed E-state index contributed by atoms with van der Waals surface area (Å²) in [4.78, 5) is 16.4. The molecular weight excluding hydrogens is 236 g/mol. The maximum atomic E-state index is 11.6. The van der Waals surface area contributed by atoms with Crippen molar-refractivity contribution in [1.29, 1.82) is 0 Å². The van der Waals surface area contributed by atoms with Gasteiger partial charge in [-0.25, -0.2) is 4.79 Å². The Morgan fingerprint density at radius 1 is 1.47 bits per heavy atom. The van der Waals surface area contributed by atoms with Crippen molar-refractivity contribution in [2.24, 2.45) is 10.7 Å². The van der Waals surface area contributed by atoms with Crippen LogP contribution in [0.1, 0.15) is 27.2 Å². The van der Waals surface area contributed by atoms with Crippen LogP contribution in [0.15, 0.2) is 26.7 Å². The first kappa shape index (κ1) is 13.8. The third-order valence-electron chi connectivity index (χ3n) is 2.56. The molecule has 1 heterocycles. The highest BCUT2D eigenvalue weighted by atomic mass is 32.2. The number of hydrogen-bond acceptors (Lipinski definition) is 5. The third-order valence-corrected chi connectivity index (χ3v) is 3.67. The Hall–Kier alpha value is -1.23. The lowest BCUT2D eigenvalue weighted by molar-refractivity contribution is -0.135. The predicted molar refractivity (Wildman–Crippen MR) is 71.8 cm³/mol. The molecule has 17 heavy (non-hydrogen) atoms. The number of carbonyl (C=O) groups is 1. The lowest BCUT2D eigenvalue weighted by atomic mass is 10.1. The van der Waals surface area contributed by atoms with Gasteiger partial charge in [-0.15, -0.1) is 0 Å². The Balaban J connectivity index is 3.27. The summed E-state index contributed by atoms with van der Waals surface area (Å²) in [6.45, 7) is 6.69. The van der Waals surface area contributed by atoms with Gasteiger partial charge in [0.2, 0.25) is 0 Å². The summed E-state index contributed by atoms with van der Waals surface area (Å²) < 4.78 is 4.72. The van der Waals surface area contributed by atoms with Crippen molar-refractivity contribution in [3.63, 3.8) is 0 Å². The van der Waals surface area contributed by atoms with E-state index in [-0.39, 0.29) is 0 Å². The molecule has 0 saturated carbocycles. The van der Waals surface area contributed by atoms with Gasteiger partial charge < -0.3 is 10.5 Å². The molecule has 1 aliphatic heterocycles. The molecule has 0 bridgehead atoms. The van der Waals surface area contributed by atoms with Gasteiger partial charge in [-0.05, 0) is 20.3 Å². The van der Waals surface area contributed by atoms with E-state index in [2.05, 4.69) is 11.9 Å². The van der Waals surface area contributed by atoms with E-state index in [0.29, 0.717) is 17.1 Å². The minimum atomic E-state index is -0.393. The normalized spacial score (nSPS) is 21.1. The monoisotopic (exact) mass is 254 g/mol. The molecule has 0 spiro atoms. The summed E-state index contributed by atoms with van der Waals surface area (Å²) in [6.07, 6.45) is 0.883. The maximum Gasteiger partial charge on any atom is 0.346 e. The average molecular weight is 254 g/mol. The SMILES string of the molecule is CC/N=C1/SC(C(=O)OC)=C(N)/C1=C(/C)CC. The fourth-order valence-electron chi connectivity index (χ4n) is 1.52. The van der Waals surface area contributed by atoms with Gasteiger partial charge in [0.25, 0.3) is 0 Å². The van der Waals surface area contributed by atoms with E-state index >= 15 is 0 Å². The molecule has 0 radical (unpaired) electrons. The van der Waals surface area contributed by atoms with Crippen LogP contribution < -0.4 is 5.73 Å². The molecular formula is C12H18N2O2S. The van der Waals surface area contributed by atoms with Crippen LogP contribution in [0, 0.1) is 0 Å². The molecule has 0 saturated heterocycles. The van der Waals surface area contributed by atoms with Crippen LogP contribution in [0.4, 0.5) is 0 Å². The molecule has 0 fully saturated rings. The van der Waals surface area contributed by atoms with Crippen molar-refractivity contribution in [2.45, 2.75) is 27.2 Å². The number of thioether (sulfide) groups is 1. The zero-order chi connectivity index (χ0) is 13.0. The van der Waals surface area contributed by atoms with Gasteiger partial charge in [0.05, 0.1) is 12.8 Å². The Kier molecular flexibility index (Phi) is 4.81. The fourth-order valence-corrected chi connectivity index (χ4v) is 2.67. The summed E-state index contributed by atoms with van der Waals surface area (Å²) in [5, 5.41) is 0.824. The summed E-state index contributed by atoms with van der Waals surface area (Å²) in [5.74, 6) is -0.393. The second kappa shape index (κ2) is 5.91. The van der Waals surface area contributed by atoms with E-state index in [1.165, 1.54) is 18.9 Å². The second-order valence-electron chi connectivity index (χ2n) is 3.62. The van der Waals surface area contributed by atoms with Gasteiger partial charge in [0, 0.05) is 12.1 Å². The molecule has 0 aromatic rings. The van der Waals surface area contributed by atoms with E-state index in [9.17, 15) is 4.79 Å². The molecule has 0 aliphatic carbocycles. The number of esters is 1. The minimum Gasteiger partial charge on any atom is -0.465 e. The molecule has 5 heteroatoms. The van der Waals surface area contributed by atoms with E-state index in [4.69, 9.17) is 10.5 Å². The standard InChI is InChI=1S/C12H18N2O2S/c1-5-7(3)8-9(13)10(12(15)16-4)17-11(8)14-6-2/h5-6,13H2,1-4H3/b8-7+,14-11+. The topological polar surface area (TPSA) is 64.7 Å². The van der Waals surface area contributed by atoms with Crippen LogP contribution in [0.3, 0.4) is 0 Å². The quantitative estimate of drug-likeness (QED) is 0.784. The molecule has 1 aliphatic rings. The van der Waals surface area contributed by atoms with Crippen molar-refractivity contribution in [1.82, 2.24) is 0 Å². The summed E-state index contributed by atoms with van der Waals surface area (Å²) >= 11 is 1.30. The van der Waals surface area contributed by atoms with E-state index in [1.807, 2.05) is 13.8 Å². The molecule has 0 aromatic heterocycles. The number of nitrogens with zero attached hydrogens (tertiary/aromatic N) is 1. The van der Waals surface area contributed by atoms with Crippen molar-refractivity contribution in [3.8, 4) is 0 Å². The molecule has 0 aromatic carbocycles. The number of aliphatic imine (C=N–C) groups is 1. The van der Waals surface area contributed by atoms with Gasteiger partial charge in [0.15, 0.2) is 0 Å². The first-order valence-corrected chi connectivity index (χ1v) is 6.39. The number of allylic oxidation sites excluding steroid dienone is 2. The maximum absolute atomic E-state index is 11.6. The second-order valence-corrected chi connectivity index (χ2v) is 4.62. The number of nitrogens with two attached hydrogens (primary N) is 1. The molecule has 2 N–H and O–H groups in total. The van der Waals surface area contributed by atoms with E-state index in [1.54, 1.807) is 0 Å². The smallest absolute Gasteiger partial charge is 0.346 e. The lowest BCUT2D eigenvalue weighted by Crippen LogP contribution is -2.09. The number of methoxy groups -OCH3 is 1. The Morgan fingerprint density at radius 2 is 2.12 bits per heavy atom. The summed E-state index contributed by atoms with van der Waals surface area (Å²) in [6, 6.07) is 0. The zero-order valence-electron chi connectivity index (χ0n) is 10.7. The number of rotatable bonds is 3. The molecule has 0 amide bonds. The highest BCUT2D eigenvalue weighted by molar-refractivity contribution is 8.19. The number of hydrogen-bond donors (Lipinski definition) is 1. The molecule has 1 rings (SSSR count). The fraction of sp³-hybridized carbons (Fsp3) is 0.500. The molecule has 0 unspecified atom stereocenters. The minimum absolute atomic E-state index is 0.393. The van der Waals surface area contributed by atoms with Crippen molar-refractivity contribution >= 4 is 22.8 Å². The van der Waals surface area contributed by atoms with Crippen LogP contribution >= 0.6 is 11.8 Å². The van der Waals surface area contributed by atoms with Gasteiger partial charge in [-0.3, -0.25) is 4.99 Å². The average Bonchev–Trinajstić information content (AvgIpc) is 2.65. The van der Waals surface area contributed by atoms with Crippen LogP contribution in [0.2, 0.25) is 0 Å². The zero-order valence-corrected chi connectivity index (χ0v) is 11.5. The Labute approximate surface area is 106 Å². The van der Waals surface area contributed by atoms with Crippen molar-refractivity contribution < 1.29 is 9.53 Å². The van der Waals surface area contributed by atoms with Gasteiger partial charge >= 0.3 is 5.97 Å². The summed E-state index contributed by atoms with van der Waals surface area (Å²) in [5.41, 5.74) is 8.55. The van der Waals surface area contributed by atoms with Gasteiger partial charge in [-0.2, -0.15) is 0 Å². The van der Waals surface area contributed by atoms with Crippen molar-refractivity contribution in [3.05, 3.63) is 21.7 Å². The molecule has 94 valence electrons. The number of ether oxygens (including phenoxy) is 1. The lowest BCUT2D eigenvalue weighted by Gasteiger charge is -2.05. The molecule has 4 nitrogen and oxygen atoms in total. The van der Waals surface area contributed by atoms with Gasteiger partial charge in [0.1, 0.15) is 9.95 Å². The third kappa shape index (κ3) is 2.72. The van der Waals surface area contributed by atoms with Crippen LogP contribution in [-0.2, 0) is 9.53 Å². The van der Waals surface area contributed by atoms with Gasteiger partial charge in [-0.1, -0.05) is 24.3 Å². The Bertz CT molecular complexity index is 422. The Morgan fingerprint density at radius 3 is 2.59 bits per heavy atom. The summed E-state index contributed by atoms with van der Waals surface area (Å²) in [7, 11) is 1.36.